The Morgan fingerprint density at radius 2 is 2.18 bits per heavy atom. The van der Waals surface area contributed by atoms with Crippen LogP contribution in [0, 0.1) is 0 Å². The van der Waals surface area contributed by atoms with E-state index in [-0.39, 0.29) is 0 Å². The maximum absolute atomic E-state index is 3.23. The molecule has 0 bridgehead atoms. The molecule has 1 aliphatic carbocycles. The van der Waals surface area contributed by atoms with Gasteiger partial charge >= 0.3 is 0 Å². The first kappa shape index (κ1) is 8.38. The van der Waals surface area contributed by atoms with Gasteiger partial charge in [0.1, 0.15) is 0 Å². The SMILES string of the molecule is C/C=C(/NC)C1=C(C)CCC1. The van der Waals surface area contributed by atoms with Crippen molar-refractivity contribution in [1.29, 1.82) is 0 Å². The number of hydrogen-bond donors (Lipinski definition) is 1. The molecule has 0 saturated heterocycles. The lowest BCUT2D eigenvalue weighted by Gasteiger charge is -2.08. The number of hydrogen-bond acceptors (Lipinski definition) is 1. The van der Waals surface area contributed by atoms with Gasteiger partial charge in [0.2, 0.25) is 0 Å². The molecule has 0 aromatic carbocycles. The molecule has 11 heavy (non-hydrogen) atoms. The van der Waals surface area contributed by atoms with Crippen molar-refractivity contribution in [3.63, 3.8) is 0 Å². The fourth-order valence-corrected chi connectivity index (χ4v) is 1.73. The Morgan fingerprint density at radius 1 is 1.45 bits per heavy atom. The minimum atomic E-state index is 1.26. The molecule has 0 aromatic heterocycles. The lowest BCUT2D eigenvalue weighted by molar-refractivity contribution is 0.878. The largest absolute Gasteiger partial charge is 0.388 e. The average Bonchev–Trinajstić information content (AvgIpc) is 2.40. The van der Waals surface area contributed by atoms with Crippen LogP contribution in [0.3, 0.4) is 0 Å². The van der Waals surface area contributed by atoms with Crippen LogP contribution in [0.25, 0.3) is 0 Å². The van der Waals surface area contributed by atoms with E-state index in [1.165, 1.54) is 30.5 Å². The summed E-state index contributed by atoms with van der Waals surface area (Å²) in [5.41, 5.74) is 4.42. The molecule has 0 heterocycles. The molecule has 0 unspecified atom stereocenters. The van der Waals surface area contributed by atoms with Crippen LogP contribution >= 0.6 is 0 Å². The molecule has 1 aliphatic rings. The molecule has 0 aromatic rings. The highest BCUT2D eigenvalue weighted by molar-refractivity contribution is 5.35. The van der Waals surface area contributed by atoms with Crippen molar-refractivity contribution < 1.29 is 0 Å². The Bertz CT molecular complexity index is 199. The van der Waals surface area contributed by atoms with Crippen LogP contribution < -0.4 is 5.32 Å². The van der Waals surface area contributed by atoms with E-state index in [0.29, 0.717) is 0 Å². The van der Waals surface area contributed by atoms with Gasteiger partial charge in [-0.2, -0.15) is 0 Å². The summed E-state index contributed by atoms with van der Waals surface area (Å²) in [6.45, 7) is 4.33. The zero-order chi connectivity index (χ0) is 8.27. The van der Waals surface area contributed by atoms with Crippen LogP contribution in [0.15, 0.2) is 22.9 Å². The second kappa shape index (κ2) is 3.61. The molecule has 1 nitrogen and oxygen atoms in total. The quantitative estimate of drug-likeness (QED) is 0.639. The number of rotatable bonds is 2. The third kappa shape index (κ3) is 1.65. The fourth-order valence-electron chi connectivity index (χ4n) is 1.73. The van der Waals surface area contributed by atoms with E-state index in [0.717, 1.165) is 0 Å². The maximum Gasteiger partial charge on any atom is 0.0326 e. The first-order valence-electron chi connectivity index (χ1n) is 4.32. The van der Waals surface area contributed by atoms with Crippen LogP contribution in [0.5, 0.6) is 0 Å². The molecule has 0 fully saturated rings. The minimum absolute atomic E-state index is 1.26. The Balaban J connectivity index is 2.80. The molecular weight excluding hydrogens is 134 g/mol. The number of nitrogens with one attached hydrogen (secondary N) is 1. The Morgan fingerprint density at radius 3 is 2.55 bits per heavy atom. The van der Waals surface area contributed by atoms with Crippen molar-refractivity contribution in [1.82, 2.24) is 5.32 Å². The molecule has 62 valence electrons. The van der Waals surface area contributed by atoms with Gasteiger partial charge in [-0.05, 0) is 38.7 Å². The van der Waals surface area contributed by atoms with E-state index in [1.807, 2.05) is 7.05 Å². The van der Waals surface area contributed by atoms with Gasteiger partial charge in [-0.1, -0.05) is 11.6 Å². The van der Waals surface area contributed by atoms with Crippen molar-refractivity contribution in [3.05, 3.63) is 22.9 Å². The van der Waals surface area contributed by atoms with Crippen molar-refractivity contribution in [2.45, 2.75) is 33.1 Å². The standard InChI is InChI=1S/C10H17N/c1-4-10(11-3)9-7-5-6-8(9)2/h4,11H,5-7H2,1-3H3/b10-4+. The third-order valence-corrected chi connectivity index (χ3v) is 2.38. The lowest BCUT2D eigenvalue weighted by atomic mass is 10.1. The maximum atomic E-state index is 3.23. The van der Waals surface area contributed by atoms with E-state index in [9.17, 15) is 0 Å². The Hall–Kier alpha value is -0.720. The molecule has 1 N–H and O–H groups in total. The fraction of sp³-hybridized carbons (Fsp3) is 0.600. The summed E-state index contributed by atoms with van der Waals surface area (Å²) in [5, 5.41) is 3.23. The second-order valence-corrected chi connectivity index (χ2v) is 3.06. The predicted molar refractivity (Wildman–Crippen MR) is 49.4 cm³/mol. The third-order valence-electron chi connectivity index (χ3n) is 2.38. The number of likely N-dealkylation sites (N-methyl/N-ethyl adjacent to an activating group) is 1. The monoisotopic (exact) mass is 151 g/mol. The van der Waals surface area contributed by atoms with Crippen molar-refractivity contribution in [2.75, 3.05) is 7.05 Å². The first-order chi connectivity index (χ1) is 5.29. The van der Waals surface area contributed by atoms with Gasteiger partial charge in [-0.3, -0.25) is 0 Å². The van der Waals surface area contributed by atoms with Gasteiger partial charge in [-0.25, -0.2) is 0 Å². The van der Waals surface area contributed by atoms with Crippen molar-refractivity contribution in [2.24, 2.45) is 0 Å². The van der Waals surface area contributed by atoms with Gasteiger partial charge in [0, 0.05) is 12.7 Å². The first-order valence-corrected chi connectivity index (χ1v) is 4.32. The van der Waals surface area contributed by atoms with Gasteiger partial charge in [0.15, 0.2) is 0 Å². The highest BCUT2D eigenvalue weighted by Crippen LogP contribution is 2.29. The van der Waals surface area contributed by atoms with Gasteiger partial charge in [0.25, 0.3) is 0 Å². The second-order valence-electron chi connectivity index (χ2n) is 3.06. The van der Waals surface area contributed by atoms with Crippen LogP contribution in [0.4, 0.5) is 0 Å². The summed E-state index contributed by atoms with van der Waals surface area (Å²) in [6.07, 6.45) is 6.03. The molecule has 0 saturated carbocycles. The van der Waals surface area contributed by atoms with Gasteiger partial charge < -0.3 is 5.32 Å². The topological polar surface area (TPSA) is 12.0 Å². The predicted octanol–water partition coefficient (Wildman–Crippen LogP) is 2.61. The molecule has 0 amide bonds. The van der Waals surface area contributed by atoms with Gasteiger partial charge in [0.05, 0.1) is 0 Å². The Labute approximate surface area is 69.2 Å². The molecule has 1 heteroatoms. The normalized spacial score (nSPS) is 19.4. The summed E-state index contributed by atoms with van der Waals surface area (Å²) >= 11 is 0. The van der Waals surface area contributed by atoms with Crippen molar-refractivity contribution in [3.8, 4) is 0 Å². The minimum Gasteiger partial charge on any atom is -0.388 e. The molecule has 0 radical (unpaired) electrons. The highest BCUT2D eigenvalue weighted by atomic mass is 14.8. The summed E-state index contributed by atoms with van der Waals surface area (Å²) in [4.78, 5) is 0. The molecular formula is C10H17N. The van der Waals surface area contributed by atoms with E-state index in [1.54, 1.807) is 5.57 Å². The zero-order valence-corrected chi connectivity index (χ0v) is 7.70. The zero-order valence-electron chi connectivity index (χ0n) is 7.70. The molecule has 0 aliphatic heterocycles. The highest BCUT2D eigenvalue weighted by Gasteiger charge is 2.12. The smallest absolute Gasteiger partial charge is 0.0326 e. The van der Waals surface area contributed by atoms with E-state index < -0.39 is 0 Å². The van der Waals surface area contributed by atoms with Crippen LogP contribution in [-0.2, 0) is 0 Å². The van der Waals surface area contributed by atoms with E-state index in [2.05, 4.69) is 25.2 Å². The summed E-state index contributed by atoms with van der Waals surface area (Å²) < 4.78 is 0. The Kier molecular flexibility index (Phi) is 2.75. The molecule has 0 spiro atoms. The van der Waals surface area contributed by atoms with Crippen molar-refractivity contribution >= 4 is 0 Å². The summed E-state index contributed by atoms with van der Waals surface area (Å²) in [7, 11) is 1.99. The van der Waals surface area contributed by atoms with E-state index in [4.69, 9.17) is 0 Å². The van der Waals surface area contributed by atoms with Crippen LogP contribution in [0.2, 0.25) is 0 Å². The average molecular weight is 151 g/mol. The molecule has 0 atom stereocenters. The van der Waals surface area contributed by atoms with Crippen LogP contribution in [-0.4, -0.2) is 7.05 Å². The summed E-state index contributed by atoms with van der Waals surface area (Å²) in [5.74, 6) is 0. The van der Waals surface area contributed by atoms with Gasteiger partial charge in [-0.15, -0.1) is 0 Å². The lowest BCUT2D eigenvalue weighted by Crippen LogP contribution is -2.07. The van der Waals surface area contributed by atoms with Crippen LogP contribution in [0.1, 0.15) is 33.1 Å². The molecule has 1 rings (SSSR count). The number of allylic oxidation sites excluding steroid dienone is 3. The van der Waals surface area contributed by atoms with E-state index >= 15 is 0 Å². The summed E-state index contributed by atoms with van der Waals surface area (Å²) in [6, 6.07) is 0.